The number of ether oxygens (including phenoxy) is 1. The fourth-order valence-electron chi connectivity index (χ4n) is 1.11. The molecule has 0 radical (unpaired) electrons. The van der Waals surface area contributed by atoms with Crippen LogP contribution in [-0.2, 0) is 9.53 Å². The van der Waals surface area contributed by atoms with Crippen LogP contribution in [0.2, 0.25) is 0 Å². The van der Waals surface area contributed by atoms with Crippen LogP contribution in [-0.4, -0.2) is 12.6 Å². The molecule has 1 unspecified atom stereocenters. The molecule has 66 valence electrons. The summed E-state index contributed by atoms with van der Waals surface area (Å²) < 4.78 is 4.94. The van der Waals surface area contributed by atoms with Crippen molar-refractivity contribution in [1.82, 2.24) is 0 Å². The molecule has 0 spiro atoms. The molecule has 1 heterocycles. The first-order valence-electron chi connectivity index (χ1n) is 3.66. The standard InChI is InChI=1S/C9H11BrO2/c1-6(2)9(3)5-12-8(11)7(9)4-10/h4H,1,5H2,2-3H3/b7-4-. The van der Waals surface area contributed by atoms with E-state index in [0.29, 0.717) is 12.2 Å². The minimum absolute atomic E-state index is 0.252. The topological polar surface area (TPSA) is 26.3 Å². The normalized spacial score (nSPS) is 32.2. The lowest BCUT2D eigenvalue weighted by Crippen LogP contribution is -2.19. The van der Waals surface area contributed by atoms with Gasteiger partial charge in [-0.15, -0.1) is 0 Å². The van der Waals surface area contributed by atoms with E-state index in [1.807, 2.05) is 13.8 Å². The molecule has 1 fully saturated rings. The van der Waals surface area contributed by atoms with Crippen molar-refractivity contribution >= 4 is 21.9 Å². The third-order valence-corrected chi connectivity index (χ3v) is 2.82. The van der Waals surface area contributed by atoms with Crippen LogP contribution in [0.1, 0.15) is 13.8 Å². The zero-order valence-electron chi connectivity index (χ0n) is 7.19. The van der Waals surface area contributed by atoms with Crippen LogP contribution >= 0.6 is 15.9 Å². The molecule has 0 aromatic rings. The molecule has 0 saturated carbocycles. The molecular formula is C9H11BrO2. The van der Waals surface area contributed by atoms with Gasteiger partial charge >= 0.3 is 5.97 Å². The number of carbonyl (C=O) groups excluding carboxylic acids is 1. The largest absolute Gasteiger partial charge is 0.461 e. The molecule has 12 heavy (non-hydrogen) atoms. The van der Waals surface area contributed by atoms with Crippen molar-refractivity contribution < 1.29 is 9.53 Å². The highest BCUT2D eigenvalue weighted by atomic mass is 79.9. The van der Waals surface area contributed by atoms with E-state index < -0.39 is 0 Å². The summed E-state index contributed by atoms with van der Waals surface area (Å²) in [5.74, 6) is -0.252. The number of carbonyl (C=O) groups is 1. The van der Waals surface area contributed by atoms with Gasteiger partial charge in [0.25, 0.3) is 0 Å². The van der Waals surface area contributed by atoms with E-state index in [1.54, 1.807) is 4.99 Å². The molecule has 0 aromatic heterocycles. The van der Waals surface area contributed by atoms with Gasteiger partial charge in [0, 0.05) is 0 Å². The van der Waals surface area contributed by atoms with Crippen molar-refractivity contribution in [2.24, 2.45) is 5.41 Å². The van der Waals surface area contributed by atoms with Crippen LogP contribution in [0.4, 0.5) is 0 Å². The third-order valence-electron chi connectivity index (χ3n) is 2.36. The van der Waals surface area contributed by atoms with Gasteiger partial charge in [-0.25, -0.2) is 4.79 Å². The van der Waals surface area contributed by atoms with E-state index in [-0.39, 0.29) is 11.4 Å². The molecule has 1 saturated heterocycles. The Balaban J connectivity index is 3.09. The van der Waals surface area contributed by atoms with Crippen molar-refractivity contribution in [3.05, 3.63) is 22.7 Å². The lowest BCUT2D eigenvalue weighted by atomic mass is 9.80. The summed E-state index contributed by atoms with van der Waals surface area (Å²) >= 11 is 3.16. The predicted molar refractivity (Wildman–Crippen MR) is 50.9 cm³/mol. The van der Waals surface area contributed by atoms with Crippen molar-refractivity contribution in [3.63, 3.8) is 0 Å². The zero-order valence-corrected chi connectivity index (χ0v) is 8.77. The van der Waals surface area contributed by atoms with E-state index >= 15 is 0 Å². The van der Waals surface area contributed by atoms with Crippen LogP contribution < -0.4 is 0 Å². The van der Waals surface area contributed by atoms with E-state index in [0.717, 1.165) is 5.57 Å². The minimum atomic E-state index is -0.319. The second kappa shape index (κ2) is 3.05. The summed E-state index contributed by atoms with van der Waals surface area (Å²) in [5.41, 5.74) is 1.27. The molecule has 0 N–H and O–H groups in total. The molecule has 1 atom stereocenters. The van der Waals surface area contributed by atoms with Crippen LogP contribution in [0, 0.1) is 5.41 Å². The Morgan fingerprint density at radius 1 is 1.83 bits per heavy atom. The van der Waals surface area contributed by atoms with Gasteiger partial charge in [-0.1, -0.05) is 28.1 Å². The van der Waals surface area contributed by atoms with Crippen molar-refractivity contribution in [2.75, 3.05) is 6.61 Å². The Morgan fingerprint density at radius 2 is 2.42 bits per heavy atom. The van der Waals surface area contributed by atoms with E-state index in [4.69, 9.17) is 4.74 Å². The van der Waals surface area contributed by atoms with Gasteiger partial charge in [-0.05, 0) is 18.8 Å². The maximum absolute atomic E-state index is 11.2. The van der Waals surface area contributed by atoms with Crippen LogP contribution in [0.5, 0.6) is 0 Å². The average Bonchev–Trinajstić information content (AvgIpc) is 2.29. The number of hydrogen-bond donors (Lipinski definition) is 0. The number of hydrogen-bond acceptors (Lipinski definition) is 2. The van der Waals surface area contributed by atoms with Crippen LogP contribution in [0.3, 0.4) is 0 Å². The molecule has 1 rings (SSSR count). The summed E-state index contributed by atoms with van der Waals surface area (Å²) in [6.07, 6.45) is 0. The number of esters is 1. The second-order valence-electron chi connectivity index (χ2n) is 3.21. The molecule has 0 bridgehead atoms. The fraction of sp³-hybridized carbons (Fsp3) is 0.444. The first-order valence-corrected chi connectivity index (χ1v) is 4.58. The number of rotatable bonds is 1. The molecule has 1 aliphatic heterocycles. The number of halogens is 1. The lowest BCUT2D eigenvalue weighted by Gasteiger charge is -2.21. The molecular weight excluding hydrogens is 220 g/mol. The highest BCUT2D eigenvalue weighted by Gasteiger charge is 2.42. The van der Waals surface area contributed by atoms with E-state index in [9.17, 15) is 4.79 Å². The fourth-order valence-corrected chi connectivity index (χ4v) is 1.80. The maximum atomic E-state index is 11.2. The van der Waals surface area contributed by atoms with Gasteiger partial charge in [-0.3, -0.25) is 0 Å². The summed E-state index contributed by atoms with van der Waals surface area (Å²) in [5, 5.41) is 0. The van der Waals surface area contributed by atoms with Crippen molar-refractivity contribution in [3.8, 4) is 0 Å². The van der Waals surface area contributed by atoms with Gasteiger partial charge < -0.3 is 4.74 Å². The van der Waals surface area contributed by atoms with Gasteiger partial charge in [0.05, 0.1) is 11.0 Å². The first-order chi connectivity index (χ1) is 5.52. The third kappa shape index (κ3) is 1.22. The molecule has 2 nitrogen and oxygen atoms in total. The number of cyclic esters (lactones) is 1. The molecule has 1 aliphatic rings. The molecule has 3 heteroatoms. The highest BCUT2D eigenvalue weighted by Crippen LogP contribution is 2.40. The van der Waals surface area contributed by atoms with Gasteiger partial charge in [0.1, 0.15) is 6.61 Å². The quantitative estimate of drug-likeness (QED) is 0.393. The Bertz CT molecular complexity index is 268. The molecule has 0 amide bonds. The van der Waals surface area contributed by atoms with Gasteiger partial charge in [0.2, 0.25) is 0 Å². The Morgan fingerprint density at radius 3 is 2.75 bits per heavy atom. The summed E-state index contributed by atoms with van der Waals surface area (Å²) in [6.45, 7) is 8.10. The summed E-state index contributed by atoms with van der Waals surface area (Å²) in [7, 11) is 0. The SMILES string of the molecule is C=C(C)C1(C)COC(=O)/C1=C/Br. The van der Waals surface area contributed by atoms with Crippen molar-refractivity contribution in [1.29, 1.82) is 0 Å². The highest BCUT2D eigenvalue weighted by molar-refractivity contribution is 9.11. The van der Waals surface area contributed by atoms with E-state index in [2.05, 4.69) is 22.5 Å². The van der Waals surface area contributed by atoms with Gasteiger partial charge in [0.15, 0.2) is 0 Å². The van der Waals surface area contributed by atoms with Crippen LogP contribution in [0.15, 0.2) is 22.7 Å². The minimum Gasteiger partial charge on any atom is -0.461 e. The zero-order chi connectivity index (χ0) is 9.35. The summed E-state index contributed by atoms with van der Waals surface area (Å²) in [6, 6.07) is 0. The predicted octanol–water partition coefficient (Wildman–Crippen LogP) is 2.40. The van der Waals surface area contributed by atoms with E-state index in [1.165, 1.54) is 0 Å². The monoisotopic (exact) mass is 230 g/mol. The Hall–Kier alpha value is -0.570. The molecule has 0 aliphatic carbocycles. The Labute approximate surface area is 80.4 Å². The smallest absolute Gasteiger partial charge is 0.335 e. The van der Waals surface area contributed by atoms with Crippen molar-refractivity contribution in [2.45, 2.75) is 13.8 Å². The first kappa shape index (κ1) is 9.52. The molecule has 0 aromatic carbocycles. The van der Waals surface area contributed by atoms with Crippen LogP contribution in [0.25, 0.3) is 0 Å². The summed E-state index contributed by atoms with van der Waals surface area (Å²) in [4.78, 5) is 12.8. The average molecular weight is 231 g/mol. The van der Waals surface area contributed by atoms with Gasteiger partial charge in [-0.2, -0.15) is 0 Å². The maximum Gasteiger partial charge on any atom is 0.335 e. The second-order valence-corrected chi connectivity index (χ2v) is 3.67. The lowest BCUT2D eigenvalue weighted by molar-refractivity contribution is -0.135. The Kier molecular flexibility index (Phi) is 2.42.